The first kappa shape index (κ1) is 20.1. The van der Waals surface area contributed by atoms with Crippen LogP contribution in [-0.2, 0) is 11.2 Å². The van der Waals surface area contributed by atoms with Gasteiger partial charge < -0.3 is 20.1 Å². The summed E-state index contributed by atoms with van der Waals surface area (Å²) in [5.41, 5.74) is 2.11. The molecule has 0 aliphatic carbocycles. The monoisotopic (exact) mass is 393 g/mol. The summed E-state index contributed by atoms with van der Waals surface area (Å²) in [6.45, 7) is 2.69. The van der Waals surface area contributed by atoms with E-state index >= 15 is 0 Å². The van der Waals surface area contributed by atoms with Gasteiger partial charge in [-0.05, 0) is 37.1 Å². The van der Waals surface area contributed by atoms with Crippen LogP contribution in [0.15, 0.2) is 54.7 Å². The average Bonchev–Trinajstić information content (AvgIpc) is 2.75. The summed E-state index contributed by atoms with van der Waals surface area (Å²) < 4.78 is 10.5. The van der Waals surface area contributed by atoms with Crippen LogP contribution in [-0.4, -0.2) is 41.4 Å². The minimum atomic E-state index is -0.396. The van der Waals surface area contributed by atoms with Gasteiger partial charge in [-0.2, -0.15) is 10.1 Å². The molecular formula is C21H23N5O3. The fourth-order valence-electron chi connectivity index (χ4n) is 2.77. The van der Waals surface area contributed by atoms with E-state index in [1.807, 2.05) is 30.3 Å². The van der Waals surface area contributed by atoms with Gasteiger partial charge in [0.1, 0.15) is 5.75 Å². The molecule has 0 saturated heterocycles. The van der Waals surface area contributed by atoms with Crippen molar-refractivity contribution in [3.05, 3.63) is 65.9 Å². The Morgan fingerprint density at radius 2 is 1.90 bits per heavy atom. The Balaban J connectivity index is 1.65. The maximum Gasteiger partial charge on any atom is 0.340 e. The van der Waals surface area contributed by atoms with Crippen molar-refractivity contribution < 1.29 is 14.3 Å². The van der Waals surface area contributed by atoms with Crippen LogP contribution in [0.5, 0.6) is 5.75 Å². The van der Waals surface area contributed by atoms with Crippen LogP contribution in [0.25, 0.3) is 0 Å². The van der Waals surface area contributed by atoms with Crippen LogP contribution in [0.3, 0.4) is 0 Å². The van der Waals surface area contributed by atoms with Gasteiger partial charge in [0.05, 0.1) is 31.2 Å². The molecule has 8 nitrogen and oxygen atoms in total. The SMILES string of the molecule is CCOC(=O)c1ccccc1Nc1cnnc(NCCc2ccccc2OC)n1. The molecule has 150 valence electrons. The fourth-order valence-corrected chi connectivity index (χ4v) is 2.77. The number of aromatic nitrogens is 3. The van der Waals surface area contributed by atoms with E-state index in [0.29, 0.717) is 36.2 Å². The molecule has 0 aliphatic heterocycles. The molecular weight excluding hydrogens is 370 g/mol. The van der Waals surface area contributed by atoms with Crippen molar-refractivity contribution in [3.8, 4) is 5.75 Å². The lowest BCUT2D eigenvalue weighted by atomic mass is 10.1. The molecule has 8 heteroatoms. The second-order valence-electron chi connectivity index (χ2n) is 6.04. The van der Waals surface area contributed by atoms with Gasteiger partial charge in [0.25, 0.3) is 0 Å². The Morgan fingerprint density at radius 1 is 1.10 bits per heavy atom. The fraction of sp³-hybridized carbons (Fsp3) is 0.238. The molecule has 0 amide bonds. The third kappa shape index (κ3) is 5.41. The Morgan fingerprint density at radius 3 is 2.72 bits per heavy atom. The lowest BCUT2D eigenvalue weighted by Gasteiger charge is -2.11. The number of carbonyl (C=O) groups excluding carboxylic acids is 1. The average molecular weight is 393 g/mol. The van der Waals surface area contributed by atoms with Gasteiger partial charge in [-0.25, -0.2) is 4.79 Å². The molecule has 0 unspecified atom stereocenters. The van der Waals surface area contributed by atoms with E-state index in [2.05, 4.69) is 25.8 Å². The molecule has 1 heterocycles. The minimum Gasteiger partial charge on any atom is -0.496 e. The number of carbonyl (C=O) groups is 1. The van der Waals surface area contributed by atoms with Crippen LogP contribution < -0.4 is 15.4 Å². The van der Waals surface area contributed by atoms with E-state index in [1.54, 1.807) is 32.2 Å². The first-order valence-electron chi connectivity index (χ1n) is 9.30. The number of hydrogen-bond donors (Lipinski definition) is 2. The zero-order valence-electron chi connectivity index (χ0n) is 16.4. The second kappa shape index (κ2) is 10.0. The van der Waals surface area contributed by atoms with Crippen molar-refractivity contribution in [1.29, 1.82) is 0 Å². The molecule has 0 atom stereocenters. The molecule has 3 aromatic rings. The van der Waals surface area contributed by atoms with Gasteiger partial charge in [0.2, 0.25) is 5.95 Å². The molecule has 0 aliphatic rings. The van der Waals surface area contributed by atoms with Crippen molar-refractivity contribution in [3.63, 3.8) is 0 Å². The van der Waals surface area contributed by atoms with Gasteiger partial charge >= 0.3 is 5.97 Å². The molecule has 1 aromatic heterocycles. The molecule has 2 aromatic carbocycles. The van der Waals surface area contributed by atoms with Crippen LogP contribution in [0.4, 0.5) is 17.5 Å². The Labute approximate surface area is 169 Å². The van der Waals surface area contributed by atoms with Crippen LogP contribution in [0.2, 0.25) is 0 Å². The highest BCUT2D eigenvalue weighted by atomic mass is 16.5. The molecule has 3 rings (SSSR count). The predicted octanol–water partition coefficient (Wildman–Crippen LogP) is 3.46. The summed E-state index contributed by atoms with van der Waals surface area (Å²) in [4.78, 5) is 16.5. The van der Waals surface area contributed by atoms with Crippen LogP contribution >= 0.6 is 0 Å². The molecule has 2 N–H and O–H groups in total. The standard InChI is InChI=1S/C21H23N5O3/c1-3-29-20(27)16-9-5-6-10-17(16)24-19-14-23-26-21(25-19)22-13-12-15-8-4-7-11-18(15)28-2/h4-11,14H,3,12-13H2,1-2H3,(H2,22,24,25,26). The number of para-hydroxylation sites is 2. The van der Waals surface area contributed by atoms with Gasteiger partial charge in [-0.1, -0.05) is 30.3 Å². The first-order chi connectivity index (χ1) is 14.2. The summed E-state index contributed by atoms with van der Waals surface area (Å²) in [6.07, 6.45) is 2.24. The maximum atomic E-state index is 12.1. The van der Waals surface area contributed by atoms with Crippen molar-refractivity contribution in [2.45, 2.75) is 13.3 Å². The van der Waals surface area contributed by atoms with Crippen LogP contribution in [0.1, 0.15) is 22.8 Å². The molecule has 0 fully saturated rings. The molecule has 29 heavy (non-hydrogen) atoms. The van der Waals surface area contributed by atoms with Gasteiger partial charge in [0.15, 0.2) is 5.82 Å². The Hall–Kier alpha value is -3.68. The summed E-state index contributed by atoms with van der Waals surface area (Å²) in [7, 11) is 1.66. The quantitative estimate of drug-likeness (QED) is 0.534. The zero-order chi connectivity index (χ0) is 20.5. The second-order valence-corrected chi connectivity index (χ2v) is 6.04. The van der Waals surface area contributed by atoms with Gasteiger partial charge in [-0.3, -0.25) is 0 Å². The van der Waals surface area contributed by atoms with E-state index in [1.165, 1.54) is 6.20 Å². The number of methoxy groups -OCH3 is 1. The van der Waals surface area contributed by atoms with E-state index in [4.69, 9.17) is 9.47 Å². The summed E-state index contributed by atoms with van der Waals surface area (Å²) in [5, 5.41) is 14.2. The highest BCUT2D eigenvalue weighted by molar-refractivity contribution is 5.96. The molecule has 0 saturated carbocycles. The van der Waals surface area contributed by atoms with E-state index in [-0.39, 0.29) is 0 Å². The van der Waals surface area contributed by atoms with Crippen LogP contribution in [0, 0.1) is 0 Å². The number of esters is 1. The summed E-state index contributed by atoms with van der Waals surface area (Å²) in [6, 6.07) is 14.9. The van der Waals surface area contributed by atoms with E-state index in [0.717, 1.165) is 17.7 Å². The Bertz CT molecular complexity index is 964. The largest absolute Gasteiger partial charge is 0.496 e. The molecule has 0 bridgehead atoms. The number of hydrogen-bond acceptors (Lipinski definition) is 8. The third-order valence-corrected chi connectivity index (χ3v) is 4.11. The summed E-state index contributed by atoms with van der Waals surface area (Å²) in [5.74, 6) is 1.31. The van der Waals surface area contributed by atoms with Crippen molar-refractivity contribution >= 4 is 23.4 Å². The van der Waals surface area contributed by atoms with Crippen molar-refractivity contribution in [2.75, 3.05) is 30.9 Å². The lowest BCUT2D eigenvalue weighted by Crippen LogP contribution is -2.11. The minimum absolute atomic E-state index is 0.308. The highest BCUT2D eigenvalue weighted by Gasteiger charge is 2.13. The normalized spacial score (nSPS) is 10.3. The van der Waals surface area contributed by atoms with E-state index in [9.17, 15) is 4.79 Å². The predicted molar refractivity (Wildman–Crippen MR) is 111 cm³/mol. The number of ether oxygens (including phenoxy) is 2. The van der Waals surface area contributed by atoms with Gasteiger partial charge in [-0.15, -0.1) is 5.10 Å². The Kier molecular flexibility index (Phi) is 6.94. The molecule has 0 spiro atoms. The number of nitrogens with one attached hydrogen (secondary N) is 2. The first-order valence-corrected chi connectivity index (χ1v) is 9.30. The topological polar surface area (TPSA) is 98.3 Å². The maximum absolute atomic E-state index is 12.1. The summed E-state index contributed by atoms with van der Waals surface area (Å²) >= 11 is 0. The smallest absolute Gasteiger partial charge is 0.340 e. The van der Waals surface area contributed by atoms with Gasteiger partial charge in [0, 0.05) is 6.54 Å². The van der Waals surface area contributed by atoms with E-state index < -0.39 is 5.97 Å². The number of rotatable bonds is 9. The zero-order valence-corrected chi connectivity index (χ0v) is 16.4. The van der Waals surface area contributed by atoms with Crippen molar-refractivity contribution in [1.82, 2.24) is 15.2 Å². The highest BCUT2D eigenvalue weighted by Crippen LogP contribution is 2.21. The lowest BCUT2D eigenvalue weighted by molar-refractivity contribution is 0.0527. The number of benzene rings is 2. The number of anilines is 3. The van der Waals surface area contributed by atoms with Crippen molar-refractivity contribution in [2.24, 2.45) is 0 Å². The third-order valence-electron chi connectivity index (χ3n) is 4.11. The number of nitrogens with zero attached hydrogens (tertiary/aromatic N) is 3. The molecule has 0 radical (unpaired) electrons.